The quantitative estimate of drug-likeness (QED) is 0.843. The van der Waals surface area contributed by atoms with Crippen molar-refractivity contribution in [3.8, 4) is 11.4 Å². The number of aryl methyl sites for hydroxylation is 1. The summed E-state index contributed by atoms with van der Waals surface area (Å²) in [4.78, 5) is 42.9. The van der Waals surface area contributed by atoms with Gasteiger partial charge in [0.25, 0.3) is 5.56 Å². The Morgan fingerprint density at radius 1 is 1.21 bits per heavy atom. The zero-order chi connectivity index (χ0) is 20.5. The number of carbonyl (C=O) groups is 1. The molecule has 1 aliphatic heterocycles. The molecule has 0 saturated carbocycles. The number of fused-ring (bicyclic) bond motifs is 1. The molecule has 0 radical (unpaired) electrons. The third-order valence-corrected chi connectivity index (χ3v) is 4.64. The molecule has 0 fully saturated rings. The van der Waals surface area contributed by atoms with Crippen LogP contribution in [0.15, 0.2) is 14.1 Å². The lowest BCUT2D eigenvalue weighted by molar-refractivity contribution is -0.123. The summed E-state index contributed by atoms with van der Waals surface area (Å²) in [5.41, 5.74) is -0.591. The maximum atomic E-state index is 13.2. The largest absolute Gasteiger partial charge is 0.350 e. The maximum absolute atomic E-state index is 13.2. The van der Waals surface area contributed by atoms with Gasteiger partial charge in [-0.3, -0.25) is 18.7 Å². The Labute approximate surface area is 162 Å². The van der Waals surface area contributed by atoms with Crippen molar-refractivity contribution in [1.29, 1.82) is 0 Å². The number of hydrogen-bond donors (Lipinski definition) is 1. The molecule has 0 aliphatic carbocycles. The molecule has 2 aromatic rings. The molecule has 0 spiro atoms. The van der Waals surface area contributed by atoms with Crippen molar-refractivity contribution in [3.05, 3.63) is 32.4 Å². The van der Waals surface area contributed by atoms with E-state index in [0.717, 1.165) is 23.8 Å². The number of nitrogens with zero attached hydrogens (tertiary/aromatic N) is 4. The first-order valence-electron chi connectivity index (χ1n) is 9.71. The predicted octanol–water partition coefficient (Wildman–Crippen LogP) is 1.26. The fraction of sp³-hybridized carbons (Fsp3) is 0.632. The van der Waals surface area contributed by atoms with Crippen molar-refractivity contribution in [2.45, 2.75) is 78.4 Å². The fourth-order valence-electron chi connectivity index (χ4n) is 3.44. The molecule has 9 nitrogen and oxygen atoms in total. The van der Waals surface area contributed by atoms with E-state index in [9.17, 15) is 14.4 Å². The molecule has 0 atom stereocenters. The van der Waals surface area contributed by atoms with E-state index in [-0.39, 0.29) is 17.9 Å². The summed E-state index contributed by atoms with van der Waals surface area (Å²) in [5.74, 6) is 0.205. The first-order valence-corrected chi connectivity index (χ1v) is 9.71. The van der Waals surface area contributed by atoms with Crippen LogP contribution in [0.3, 0.4) is 0 Å². The first-order chi connectivity index (χ1) is 13.2. The molecule has 0 aromatic carbocycles. The number of amides is 1. The molecule has 3 rings (SSSR count). The van der Waals surface area contributed by atoms with E-state index in [1.807, 2.05) is 27.7 Å². The van der Waals surface area contributed by atoms with E-state index in [2.05, 4.69) is 15.5 Å². The van der Waals surface area contributed by atoms with Crippen LogP contribution in [0.1, 0.15) is 58.5 Å². The van der Waals surface area contributed by atoms with Crippen LogP contribution in [0, 0.1) is 0 Å². The predicted molar refractivity (Wildman–Crippen MR) is 103 cm³/mol. The van der Waals surface area contributed by atoms with Gasteiger partial charge in [0.15, 0.2) is 0 Å². The lowest BCUT2D eigenvalue weighted by atomic mass is 10.1. The second kappa shape index (κ2) is 7.73. The first kappa shape index (κ1) is 20.0. The molecule has 3 heterocycles. The lowest BCUT2D eigenvalue weighted by Gasteiger charge is -2.21. The van der Waals surface area contributed by atoms with Crippen LogP contribution in [0.2, 0.25) is 0 Å². The summed E-state index contributed by atoms with van der Waals surface area (Å²) in [6.45, 7) is 7.56. The van der Waals surface area contributed by atoms with E-state index in [0.29, 0.717) is 31.0 Å². The van der Waals surface area contributed by atoms with Gasteiger partial charge in [-0.1, -0.05) is 18.5 Å². The molecule has 2 aromatic heterocycles. The van der Waals surface area contributed by atoms with Gasteiger partial charge in [0.1, 0.15) is 12.1 Å². The topological polar surface area (TPSA) is 112 Å². The van der Waals surface area contributed by atoms with Crippen molar-refractivity contribution in [2.24, 2.45) is 0 Å². The smallest absolute Gasteiger partial charge is 0.331 e. The van der Waals surface area contributed by atoms with Crippen LogP contribution in [0.5, 0.6) is 0 Å². The minimum Gasteiger partial charge on any atom is -0.350 e. The third kappa shape index (κ3) is 4.07. The van der Waals surface area contributed by atoms with Crippen molar-refractivity contribution in [2.75, 3.05) is 0 Å². The molecular formula is C19H27N5O4. The number of carbonyl (C=O) groups excluding carboxylic acids is 1. The number of nitrogens with one attached hydrogen (secondary N) is 1. The molecule has 1 amide bonds. The number of rotatable bonds is 4. The normalized spacial score (nSPS) is 14.4. The Morgan fingerprint density at radius 3 is 2.61 bits per heavy atom. The summed E-state index contributed by atoms with van der Waals surface area (Å²) in [6.07, 6.45) is 3.81. The van der Waals surface area contributed by atoms with E-state index in [1.54, 1.807) is 4.57 Å². The van der Waals surface area contributed by atoms with Gasteiger partial charge >= 0.3 is 5.69 Å². The highest BCUT2D eigenvalue weighted by molar-refractivity contribution is 5.76. The van der Waals surface area contributed by atoms with Crippen LogP contribution in [-0.2, 0) is 30.7 Å². The second-order valence-corrected chi connectivity index (χ2v) is 8.12. The maximum Gasteiger partial charge on any atom is 0.331 e. The lowest BCUT2D eigenvalue weighted by Crippen LogP contribution is -2.48. The van der Waals surface area contributed by atoms with Crippen LogP contribution >= 0.6 is 0 Å². The van der Waals surface area contributed by atoms with Crippen LogP contribution in [0.25, 0.3) is 11.4 Å². The highest BCUT2D eigenvalue weighted by Crippen LogP contribution is 2.21. The Balaban J connectivity index is 2.17. The SMILES string of the molecule is CCc1nc(-c2c3n(c(=O)n(CC(=O)NC(C)(C)C)c2=O)CCCCC3)no1. The molecule has 0 bridgehead atoms. The molecule has 1 aliphatic rings. The van der Waals surface area contributed by atoms with Crippen LogP contribution in [-0.4, -0.2) is 30.7 Å². The van der Waals surface area contributed by atoms with E-state index >= 15 is 0 Å². The molecule has 9 heteroatoms. The molecule has 0 unspecified atom stereocenters. The van der Waals surface area contributed by atoms with Gasteiger partial charge < -0.3 is 9.84 Å². The van der Waals surface area contributed by atoms with Gasteiger partial charge in [0.05, 0.1) is 0 Å². The van der Waals surface area contributed by atoms with Gasteiger partial charge in [0.2, 0.25) is 17.6 Å². The number of aromatic nitrogens is 4. The highest BCUT2D eigenvalue weighted by atomic mass is 16.5. The van der Waals surface area contributed by atoms with Gasteiger partial charge in [0, 0.05) is 24.2 Å². The Bertz CT molecular complexity index is 993. The molecule has 152 valence electrons. The Morgan fingerprint density at radius 2 is 1.96 bits per heavy atom. The molecular weight excluding hydrogens is 362 g/mol. The van der Waals surface area contributed by atoms with Gasteiger partial charge in [-0.2, -0.15) is 4.98 Å². The van der Waals surface area contributed by atoms with Crippen molar-refractivity contribution in [1.82, 2.24) is 24.6 Å². The van der Waals surface area contributed by atoms with Crippen LogP contribution < -0.4 is 16.6 Å². The molecule has 28 heavy (non-hydrogen) atoms. The molecule has 1 N–H and O–H groups in total. The second-order valence-electron chi connectivity index (χ2n) is 8.12. The minimum absolute atomic E-state index is 0.178. The van der Waals surface area contributed by atoms with E-state index < -0.39 is 22.7 Å². The monoisotopic (exact) mass is 389 g/mol. The summed E-state index contributed by atoms with van der Waals surface area (Å²) < 4.78 is 7.76. The zero-order valence-corrected chi connectivity index (χ0v) is 16.9. The van der Waals surface area contributed by atoms with Gasteiger partial charge in [-0.05, 0) is 40.0 Å². The van der Waals surface area contributed by atoms with Crippen LogP contribution in [0.4, 0.5) is 0 Å². The fourth-order valence-corrected chi connectivity index (χ4v) is 3.44. The standard InChI is InChI=1S/C19H27N5O4/c1-5-14-20-16(22-28-14)15-12-9-7-6-8-10-23(12)18(27)24(17(15)26)11-13(25)21-19(2,3)4/h5-11H2,1-4H3,(H,21,25). The number of hydrogen-bond acceptors (Lipinski definition) is 6. The zero-order valence-electron chi connectivity index (χ0n) is 16.9. The molecule has 0 saturated heterocycles. The van der Waals surface area contributed by atoms with E-state index in [4.69, 9.17) is 4.52 Å². The summed E-state index contributed by atoms with van der Waals surface area (Å²) in [6, 6.07) is 0. The average molecular weight is 389 g/mol. The van der Waals surface area contributed by atoms with Crippen molar-refractivity contribution in [3.63, 3.8) is 0 Å². The van der Waals surface area contributed by atoms with Gasteiger partial charge in [-0.15, -0.1) is 0 Å². The van der Waals surface area contributed by atoms with E-state index in [1.165, 1.54) is 0 Å². The average Bonchev–Trinajstić information content (AvgIpc) is 2.94. The summed E-state index contributed by atoms with van der Waals surface area (Å²) in [7, 11) is 0. The highest BCUT2D eigenvalue weighted by Gasteiger charge is 2.26. The minimum atomic E-state index is -0.550. The summed E-state index contributed by atoms with van der Waals surface area (Å²) in [5, 5.41) is 6.74. The summed E-state index contributed by atoms with van der Waals surface area (Å²) >= 11 is 0. The van der Waals surface area contributed by atoms with Gasteiger partial charge in [-0.25, -0.2) is 4.79 Å². The van der Waals surface area contributed by atoms with Crippen molar-refractivity contribution < 1.29 is 9.32 Å². The Kier molecular flexibility index (Phi) is 5.53. The Hall–Kier alpha value is -2.71. The van der Waals surface area contributed by atoms with Crippen molar-refractivity contribution >= 4 is 5.91 Å². The third-order valence-electron chi connectivity index (χ3n) is 4.64.